The first-order chi connectivity index (χ1) is 7.59. The lowest BCUT2D eigenvalue weighted by Crippen LogP contribution is -2.30. The van der Waals surface area contributed by atoms with Crippen molar-refractivity contribution in [2.24, 2.45) is 5.73 Å². The van der Waals surface area contributed by atoms with E-state index in [1.54, 1.807) is 11.3 Å². The molecule has 0 aliphatic carbocycles. The number of thiazole rings is 1. The molecule has 2 aromatic rings. The van der Waals surface area contributed by atoms with E-state index in [9.17, 15) is 0 Å². The number of hydrogen-bond donors (Lipinski definition) is 1. The molecular formula is C12H15BrN2S. The van der Waals surface area contributed by atoms with Gasteiger partial charge < -0.3 is 5.73 Å². The van der Waals surface area contributed by atoms with Crippen LogP contribution in [0.25, 0.3) is 10.2 Å². The molecule has 0 spiro atoms. The molecule has 0 saturated heterocycles. The second-order valence-corrected chi connectivity index (χ2v) is 6.20. The van der Waals surface area contributed by atoms with Crippen LogP contribution in [0.3, 0.4) is 0 Å². The molecule has 0 bridgehead atoms. The lowest BCUT2D eigenvalue weighted by atomic mass is 9.89. The van der Waals surface area contributed by atoms with Crippen LogP contribution in [-0.2, 0) is 5.41 Å². The van der Waals surface area contributed by atoms with Gasteiger partial charge >= 0.3 is 0 Å². The van der Waals surface area contributed by atoms with Crippen LogP contribution in [0.15, 0.2) is 22.7 Å². The minimum absolute atomic E-state index is 0.0101. The van der Waals surface area contributed by atoms with Gasteiger partial charge in [0.2, 0.25) is 0 Å². The highest BCUT2D eigenvalue weighted by molar-refractivity contribution is 9.10. The van der Waals surface area contributed by atoms with Crippen molar-refractivity contribution in [3.63, 3.8) is 0 Å². The Labute approximate surface area is 108 Å². The number of fused-ring (bicyclic) bond motifs is 1. The quantitative estimate of drug-likeness (QED) is 0.939. The van der Waals surface area contributed by atoms with Crippen molar-refractivity contribution in [1.82, 2.24) is 4.98 Å². The Morgan fingerprint density at radius 2 is 2.25 bits per heavy atom. The van der Waals surface area contributed by atoms with Crippen molar-refractivity contribution < 1.29 is 0 Å². The minimum atomic E-state index is 0.0101. The average Bonchev–Trinajstić information content (AvgIpc) is 2.71. The number of rotatable bonds is 3. The lowest BCUT2D eigenvalue weighted by molar-refractivity contribution is 0.465. The van der Waals surface area contributed by atoms with Crippen molar-refractivity contribution in [2.45, 2.75) is 25.7 Å². The van der Waals surface area contributed by atoms with Gasteiger partial charge in [0.1, 0.15) is 5.01 Å². The van der Waals surface area contributed by atoms with E-state index in [2.05, 4.69) is 48.0 Å². The summed E-state index contributed by atoms with van der Waals surface area (Å²) >= 11 is 5.22. The first-order valence-electron chi connectivity index (χ1n) is 5.35. The van der Waals surface area contributed by atoms with Crippen LogP contribution in [0.1, 0.15) is 25.3 Å². The summed E-state index contributed by atoms with van der Waals surface area (Å²) in [6, 6.07) is 6.21. The van der Waals surface area contributed by atoms with Crippen LogP contribution in [0.2, 0.25) is 0 Å². The Morgan fingerprint density at radius 1 is 1.50 bits per heavy atom. The van der Waals surface area contributed by atoms with E-state index in [0.29, 0.717) is 6.54 Å². The highest BCUT2D eigenvalue weighted by Gasteiger charge is 2.26. The van der Waals surface area contributed by atoms with Crippen LogP contribution < -0.4 is 5.73 Å². The third-order valence-corrected chi connectivity index (χ3v) is 4.93. The zero-order valence-corrected chi connectivity index (χ0v) is 11.9. The van der Waals surface area contributed by atoms with Crippen molar-refractivity contribution in [2.75, 3.05) is 6.54 Å². The summed E-state index contributed by atoms with van der Waals surface area (Å²) in [6.07, 6.45) is 1.02. The summed E-state index contributed by atoms with van der Waals surface area (Å²) in [5, 5.41) is 1.14. The van der Waals surface area contributed by atoms with Crippen LogP contribution >= 0.6 is 27.3 Å². The third-order valence-electron chi connectivity index (χ3n) is 3.10. The largest absolute Gasteiger partial charge is 0.330 e. The highest BCUT2D eigenvalue weighted by atomic mass is 79.9. The molecule has 0 aliphatic rings. The van der Waals surface area contributed by atoms with Crippen molar-refractivity contribution in [3.8, 4) is 0 Å². The molecule has 16 heavy (non-hydrogen) atoms. The predicted octanol–water partition coefficient (Wildman–Crippen LogP) is 3.69. The molecule has 86 valence electrons. The van der Waals surface area contributed by atoms with E-state index in [1.807, 2.05) is 0 Å². The molecular weight excluding hydrogens is 284 g/mol. The summed E-state index contributed by atoms with van der Waals surface area (Å²) in [6.45, 7) is 4.99. The van der Waals surface area contributed by atoms with Crippen molar-refractivity contribution in [1.29, 1.82) is 0 Å². The zero-order chi connectivity index (χ0) is 11.8. The molecule has 0 fully saturated rings. The third kappa shape index (κ3) is 2.01. The van der Waals surface area contributed by atoms with Gasteiger partial charge in [0, 0.05) is 16.4 Å². The second-order valence-electron chi connectivity index (χ2n) is 4.25. The fraction of sp³-hybridized carbons (Fsp3) is 0.417. The number of aromatic nitrogens is 1. The first-order valence-corrected chi connectivity index (χ1v) is 6.96. The van der Waals surface area contributed by atoms with Crippen LogP contribution in [-0.4, -0.2) is 11.5 Å². The molecule has 1 heterocycles. The number of nitrogens with zero attached hydrogens (tertiary/aromatic N) is 1. The van der Waals surface area contributed by atoms with E-state index in [4.69, 9.17) is 10.7 Å². The fourth-order valence-electron chi connectivity index (χ4n) is 1.54. The number of nitrogens with two attached hydrogens (primary N) is 1. The van der Waals surface area contributed by atoms with E-state index in [0.717, 1.165) is 21.4 Å². The molecule has 0 saturated carbocycles. The molecule has 2 N–H and O–H groups in total. The Kier molecular flexibility index (Phi) is 3.33. The maximum absolute atomic E-state index is 5.86. The first kappa shape index (κ1) is 12.0. The van der Waals surface area contributed by atoms with E-state index < -0.39 is 0 Å². The van der Waals surface area contributed by atoms with Gasteiger partial charge in [-0.3, -0.25) is 0 Å². The van der Waals surface area contributed by atoms with Crippen LogP contribution in [0.5, 0.6) is 0 Å². The van der Waals surface area contributed by atoms with Gasteiger partial charge in [-0.05, 0) is 24.6 Å². The lowest BCUT2D eigenvalue weighted by Gasteiger charge is -2.23. The van der Waals surface area contributed by atoms with Gasteiger partial charge in [0.15, 0.2) is 0 Å². The van der Waals surface area contributed by atoms with Crippen LogP contribution in [0.4, 0.5) is 0 Å². The Bertz CT molecular complexity index is 503. The van der Waals surface area contributed by atoms with Gasteiger partial charge in [-0.1, -0.05) is 29.8 Å². The monoisotopic (exact) mass is 298 g/mol. The molecule has 1 unspecified atom stereocenters. The smallest absolute Gasteiger partial charge is 0.101 e. The molecule has 0 radical (unpaired) electrons. The highest BCUT2D eigenvalue weighted by Crippen LogP contribution is 2.34. The molecule has 1 aromatic carbocycles. The molecule has 1 atom stereocenters. The topological polar surface area (TPSA) is 38.9 Å². The van der Waals surface area contributed by atoms with Crippen molar-refractivity contribution in [3.05, 3.63) is 27.7 Å². The Balaban J connectivity index is 2.54. The number of benzene rings is 1. The van der Waals surface area contributed by atoms with Gasteiger partial charge in [0.25, 0.3) is 0 Å². The minimum Gasteiger partial charge on any atom is -0.330 e. The van der Waals surface area contributed by atoms with Crippen molar-refractivity contribution >= 4 is 37.5 Å². The molecule has 1 aromatic heterocycles. The maximum Gasteiger partial charge on any atom is 0.101 e. The summed E-state index contributed by atoms with van der Waals surface area (Å²) in [4.78, 5) is 4.70. The van der Waals surface area contributed by atoms with Gasteiger partial charge in [-0.15, -0.1) is 11.3 Å². The molecule has 4 heteroatoms. The maximum atomic E-state index is 5.86. The number of halogens is 1. The second kappa shape index (κ2) is 4.43. The standard InChI is InChI=1S/C12H15BrN2S/c1-3-12(2,7-14)11-15-9-6-8(13)4-5-10(9)16-11/h4-6H,3,7,14H2,1-2H3. The molecule has 2 nitrogen and oxygen atoms in total. The Hall–Kier alpha value is -0.450. The molecule has 0 aliphatic heterocycles. The molecule has 0 amide bonds. The molecule has 2 rings (SSSR count). The predicted molar refractivity (Wildman–Crippen MR) is 74.0 cm³/mol. The Morgan fingerprint density at radius 3 is 2.88 bits per heavy atom. The zero-order valence-electron chi connectivity index (χ0n) is 9.46. The van der Waals surface area contributed by atoms with E-state index in [1.165, 1.54) is 4.70 Å². The SMILES string of the molecule is CCC(C)(CN)c1nc2cc(Br)ccc2s1. The van der Waals surface area contributed by atoms with Gasteiger partial charge in [-0.25, -0.2) is 4.98 Å². The normalized spacial score (nSPS) is 15.2. The van der Waals surface area contributed by atoms with Crippen LogP contribution in [0, 0.1) is 0 Å². The average molecular weight is 299 g/mol. The fourth-order valence-corrected chi connectivity index (χ4v) is 3.06. The summed E-state index contributed by atoms with van der Waals surface area (Å²) < 4.78 is 2.30. The van der Waals surface area contributed by atoms with E-state index >= 15 is 0 Å². The summed E-state index contributed by atoms with van der Waals surface area (Å²) in [5.41, 5.74) is 6.93. The van der Waals surface area contributed by atoms with Gasteiger partial charge in [-0.2, -0.15) is 0 Å². The number of hydrogen-bond acceptors (Lipinski definition) is 3. The van der Waals surface area contributed by atoms with Gasteiger partial charge in [0.05, 0.1) is 10.2 Å². The summed E-state index contributed by atoms with van der Waals surface area (Å²) in [7, 11) is 0. The summed E-state index contributed by atoms with van der Waals surface area (Å²) in [5.74, 6) is 0. The van der Waals surface area contributed by atoms with E-state index in [-0.39, 0.29) is 5.41 Å².